The van der Waals surface area contributed by atoms with E-state index in [4.69, 9.17) is 11.6 Å². The van der Waals surface area contributed by atoms with E-state index in [1.165, 1.54) is 35.5 Å². The molecule has 0 saturated carbocycles. The van der Waals surface area contributed by atoms with Crippen molar-refractivity contribution >= 4 is 23.2 Å². The molecular weight excluding hydrogens is 262 g/mol. The van der Waals surface area contributed by atoms with Crippen molar-refractivity contribution in [2.45, 2.75) is 0 Å². The summed E-state index contributed by atoms with van der Waals surface area (Å²) in [6.45, 7) is 0. The lowest BCUT2D eigenvalue weighted by Crippen LogP contribution is -2.22. The molecule has 0 fully saturated rings. The second kappa shape index (κ2) is 4.80. The first kappa shape index (κ1) is 12.0. The van der Waals surface area contributed by atoms with Gasteiger partial charge in [0.1, 0.15) is 18.2 Å². The van der Waals surface area contributed by atoms with Crippen LogP contribution in [0.1, 0.15) is 10.4 Å². The maximum absolute atomic E-state index is 11.8. The van der Waals surface area contributed by atoms with Gasteiger partial charge in [-0.15, -0.1) is 10.2 Å². The molecule has 0 aliphatic carbocycles. The summed E-state index contributed by atoms with van der Waals surface area (Å²) in [6.07, 6.45) is 2.49. The van der Waals surface area contributed by atoms with Crippen molar-refractivity contribution in [3.8, 4) is 0 Å². The number of halogens is 1. The quantitative estimate of drug-likeness (QED) is 0.665. The van der Waals surface area contributed by atoms with Crippen molar-refractivity contribution in [2.75, 3.05) is 5.43 Å². The highest BCUT2D eigenvalue weighted by molar-refractivity contribution is 6.31. The van der Waals surface area contributed by atoms with Crippen LogP contribution in [0.5, 0.6) is 0 Å². The monoisotopic (exact) mass is 267 g/mol. The van der Waals surface area contributed by atoms with Gasteiger partial charge in [-0.05, 0) is 12.1 Å². The van der Waals surface area contributed by atoms with Crippen LogP contribution in [0.25, 0.3) is 0 Å². The van der Waals surface area contributed by atoms with Gasteiger partial charge < -0.3 is 0 Å². The number of carbonyl (C=O) groups is 1. The Kier molecular flexibility index (Phi) is 3.20. The van der Waals surface area contributed by atoms with Gasteiger partial charge in [0, 0.05) is 11.1 Å². The zero-order chi connectivity index (χ0) is 13.1. The number of rotatable bonds is 3. The fourth-order valence-corrected chi connectivity index (χ4v) is 1.46. The third-order valence-electron chi connectivity index (χ3n) is 2.05. The van der Waals surface area contributed by atoms with Crippen LogP contribution in [-0.2, 0) is 0 Å². The van der Waals surface area contributed by atoms with Crippen LogP contribution in [0.4, 0.5) is 5.69 Å². The molecule has 1 amide bonds. The highest BCUT2D eigenvalue weighted by Crippen LogP contribution is 2.22. The van der Waals surface area contributed by atoms with E-state index in [9.17, 15) is 14.9 Å². The Bertz CT molecular complexity index is 598. The van der Waals surface area contributed by atoms with Crippen LogP contribution in [-0.4, -0.2) is 25.7 Å². The van der Waals surface area contributed by atoms with E-state index in [-0.39, 0.29) is 16.3 Å². The van der Waals surface area contributed by atoms with Gasteiger partial charge in [-0.3, -0.25) is 20.3 Å². The van der Waals surface area contributed by atoms with Crippen molar-refractivity contribution in [1.82, 2.24) is 14.9 Å². The highest BCUT2D eigenvalue weighted by Gasteiger charge is 2.20. The fourth-order valence-electron chi connectivity index (χ4n) is 1.29. The summed E-state index contributed by atoms with van der Waals surface area (Å²) >= 11 is 5.71. The standard InChI is InChI=1S/C9H6ClN5O3/c10-6-1-2-8(15(17)18)7(3-6)9(16)13-14-4-11-12-5-14/h1-5H,(H,13,16). The fraction of sp³-hybridized carbons (Fsp3) is 0. The van der Waals surface area contributed by atoms with Gasteiger partial charge in [-0.1, -0.05) is 11.6 Å². The molecule has 8 nitrogen and oxygen atoms in total. The van der Waals surface area contributed by atoms with E-state index >= 15 is 0 Å². The summed E-state index contributed by atoms with van der Waals surface area (Å²) in [5, 5.41) is 18.0. The van der Waals surface area contributed by atoms with Crippen molar-refractivity contribution in [1.29, 1.82) is 0 Å². The predicted octanol–water partition coefficient (Wildman–Crippen LogP) is 1.22. The van der Waals surface area contributed by atoms with E-state index in [1.54, 1.807) is 0 Å². The number of amides is 1. The maximum Gasteiger partial charge on any atom is 0.282 e. The van der Waals surface area contributed by atoms with Gasteiger partial charge in [-0.25, -0.2) is 4.68 Å². The Morgan fingerprint density at radius 3 is 2.67 bits per heavy atom. The largest absolute Gasteiger partial charge is 0.282 e. The molecule has 0 aliphatic rings. The number of benzene rings is 1. The molecule has 0 bridgehead atoms. The minimum Gasteiger partial charge on any atom is -0.267 e. The molecule has 1 heterocycles. The molecule has 18 heavy (non-hydrogen) atoms. The number of carbonyl (C=O) groups excluding carboxylic acids is 1. The number of nitrogens with zero attached hydrogens (tertiary/aromatic N) is 4. The third-order valence-corrected chi connectivity index (χ3v) is 2.28. The predicted molar refractivity (Wildman–Crippen MR) is 61.8 cm³/mol. The van der Waals surface area contributed by atoms with E-state index in [1.807, 2.05) is 0 Å². The minimum atomic E-state index is -0.677. The van der Waals surface area contributed by atoms with E-state index in [0.717, 1.165) is 0 Å². The molecule has 0 atom stereocenters. The Labute approximate surface area is 105 Å². The van der Waals surface area contributed by atoms with Crippen molar-refractivity contribution in [2.24, 2.45) is 0 Å². The molecule has 2 rings (SSSR count). The molecule has 1 N–H and O–H groups in total. The Morgan fingerprint density at radius 2 is 2.06 bits per heavy atom. The number of aromatic nitrogens is 3. The van der Waals surface area contributed by atoms with Crippen LogP contribution in [0.2, 0.25) is 5.02 Å². The van der Waals surface area contributed by atoms with Gasteiger partial charge in [0.25, 0.3) is 11.6 Å². The summed E-state index contributed by atoms with van der Waals surface area (Å²) in [5.41, 5.74) is 1.88. The second-order valence-electron chi connectivity index (χ2n) is 3.23. The first-order valence-electron chi connectivity index (χ1n) is 4.68. The van der Waals surface area contributed by atoms with E-state index in [0.29, 0.717) is 0 Å². The van der Waals surface area contributed by atoms with Gasteiger partial charge >= 0.3 is 0 Å². The van der Waals surface area contributed by atoms with Crippen molar-refractivity contribution in [3.63, 3.8) is 0 Å². The minimum absolute atomic E-state index is 0.138. The molecule has 0 spiro atoms. The number of nitro groups is 1. The van der Waals surface area contributed by atoms with E-state index < -0.39 is 10.8 Å². The van der Waals surface area contributed by atoms with Crippen LogP contribution in [0, 0.1) is 10.1 Å². The summed E-state index contributed by atoms with van der Waals surface area (Å²) in [7, 11) is 0. The molecule has 0 unspecified atom stereocenters. The summed E-state index contributed by atoms with van der Waals surface area (Å²) in [6, 6.07) is 3.73. The first-order chi connectivity index (χ1) is 8.58. The average molecular weight is 268 g/mol. The third kappa shape index (κ3) is 2.43. The average Bonchev–Trinajstić information content (AvgIpc) is 2.81. The lowest BCUT2D eigenvalue weighted by molar-refractivity contribution is -0.385. The van der Waals surface area contributed by atoms with Crippen LogP contribution in [0.15, 0.2) is 30.9 Å². The topological polar surface area (TPSA) is 103 Å². The zero-order valence-electron chi connectivity index (χ0n) is 8.78. The number of hydrogen-bond acceptors (Lipinski definition) is 5. The molecule has 0 aliphatic heterocycles. The molecule has 1 aromatic carbocycles. The molecular formula is C9H6ClN5O3. The smallest absolute Gasteiger partial charge is 0.267 e. The normalized spacial score (nSPS) is 10.1. The van der Waals surface area contributed by atoms with Crippen LogP contribution < -0.4 is 5.43 Å². The molecule has 92 valence electrons. The summed E-state index contributed by atoms with van der Waals surface area (Å²) in [4.78, 5) is 22.0. The Balaban J connectivity index is 2.34. The lowest BCUT2D eigenvalue weighted by atomic mass is 10.2. The molecule has 9 heteroatoms. The first-order valence-corrected chi connectivity index (χ1v) is 5.05. The molecule has 1 aromatic heterocycles. The number of nitrogens with one attached hydrogen (secondary N) is 1. The lowest BCUT2D eigenvalue weighted by Gasteiger charge is -2.05. The number of hydrogen-bond donors (Lipinski definition) is 1. The summed E-state index contributed by atoms with van der Waals surface area (Å²) < 4.78 is 1.17. The summed E-state index contributed by atoms with van der Waals surface area (Å²) in [5.74, 6) is -0.677. The van der Waals surface area contributed by atoms with E-state index in [2.05, 4.69) is 15.6 Å². The highest BCUT2D eigenvalue weighted by atomic mass is 35.5. The number of nitro benzene ring substituents is 1. The van der Waals surface area contributed by atoms with Crippen LogP contribution >= 0.6 is 11.6 Å². The van der Waals surface area contributed by atoms with Crippen molar-refractivity contribution in [3.05, 3.63) is 51.6 Å². The van der Waals surface area contributed by atoms with Gasteiger partial charge in [0.15, 0.2) is 0 Å². The van der Waals surface area contributed by atoms with Gasteiger partial charge in [-0.2, -0.15) is 0 Å². The SMILES string of the molecule is O=C(Nn1cnnc1)c1cc(Cl)ccc1[N+](=O)[O-]. The van der Waals surface area contributed by atoms with Crippen LogP contribution in [0.3, 0.4) is 0 Å². The molecule has 2 aromatic rings. The second-order valence-corrected chi connectivity index (χ2v) is 3.67. The molecule has 0 saturated heterocycles. The van der Waals surface area contributed by atoms with Gasteiger partial charge in [0.2, 0.25) is 0 Å². The zero-order valence-corrected chi connectivity index (χ0v) is 9.53. The van der Waals surface area contributed by atoms with Gasteiger partial charge in [0.05, 0.1) is 4.92 Å². The van der Waals surface area contributed by atoms with Crippen molar-refractivity contribution < 1.29 is 9.72 Å². The maximum atomic E-state index is 11.8. The Hall–Kier alpha value is -2.48. The molecule has 0 radical (unpaired) electrons. The Morgan fingerprint density at radius 1 is 1.39 bits per heavy atom.